The molecule has 0 saturated carbocycles. The van der Waals surface area contributed by atoms with E-state index in [2.05, 4.69) is 43.6 Å². The predicted molar refractivity (Wildman–Crippen MR) is 164 cm³/mol. The predicted octanol–water partition coefficient (Wildman–Crippen LogP) is 6.51. The Morgan fingerprint density at radius 3 is 1.90 bits per heavy atom. The number of carbonyl (C=O) groups is 3. The number of urea groups is 1. The van der Waals surface area contributed by atoms with Crippen molar-refractivity contribution in [2.45, 2.75) is 72.0 Å². The molecule has 0 spiro atoms. The summed E-state index contributed by atoms with van der Waals surface area (Å²) in [5, 5.41) is 8.38. The maximum absolute atomic E-state index is 14.1. The number of benzene rings is 3. The molecule has 3 aromatic carbocycles. The van der Waals surface area contributed by atoms with Crippen LogP contribution in [0.4, 0.5) is 16.2 Å². The Hall–Kier alpha value is -4.33. The third kappa shape index (κ3) is 8.10. The van der Waals surface area contributed by atoms with Gasteiger partial charge in [0.2, 0.25) is 0 Å². The van der Waals surface area contributed by atoms with Crippen LogP contribution in [-0.2, 0) is 16.1 Å². The molecular weight excluding hydrogens is 516 g/mol. The second kappa shape index (κ2) is 14.3. The highest BCUT2D eigenvalue weighted by molar-refractivity contribution is 6.13. The van der Waals surface area contributed by atoms with Crippen molar-refractivity contribution in [3.8, 4) is 5.75 Å². The maximum Gasteiger partial charge on any atom is 0.320 e. The molecule has 218 valence electrons. The lowest BCUT2D eigenvalue weighted by Gasteiger charge is -2.31. The Balaban J connectivity index is 1.99. The van der Waals surface area contributed by atoms with Crippen molar-refractivity contribution in [2.75, 3.05) is 17.7 Å². The van der Waals surface area contributed by atoms with E-state index in [0.29, 0.717) is 17.1 Å². The van der Waals surface area contributed by atoms with Gasteiger partial charge in [-0.15, -0.1) is 0 Å². The molecule has 4 amide bonds. The monoisotopic (exact) mass is 558 g/mol. The fourth-order valence-corrected chi connectivity index (χ4v) is 4.63. The summed E-state index contributed by atoms with van der Waals surface area (Å²) in [6, 6.07) is 20.0. The van der Waals surface area contributed by atoms with Gasteiger partial charge in [0.1, 0.15) is 5.75 Å². The van der Waals surface area contributed by atoms with Crippen LogP contribution in [0, 0.1) is 0 Å². The van der Waals surface area contributed by atoms with Gasteiger partial charge in [-0.3, -0.25) is 9.59 Å². The number of ether oxygens (including phenoxy) is 1. The van der Waals surface area contributed by atoms with Crippen molar-refractivity contribution in [2.24, 2.45) is 0 Å². The fourth-order valence-electron chi connectivity index (χ4n) is 4.63. The summed E-state index contributed by atoms with van der Waals surface area (Å²) in [5.74, 6) is -0.408. The van der Waals surface area contributed by atoms with Crippen molar-refractivity contribution in [1.29, 1.82) is 0 Å². The van der Waals surface area contributed by atoms with E-state index in [-0.39, 0.29) is 24.4 Å². The zero-order valence-electron chi connectivity index (χ0n) is 25.0. The molecule has 0 heterocycles. The number of rotatable bonds is 11. The number of anilines is 2. The van der Waals surface area contributed by atoms with Gasteiger partial charge in [-0.25, -0.2) is 4.79 Å². The van der Waals surface area contributed by atoms with E-state index in [4.69, 9.17) is 4.74 Å². The fraction of sp³-hybridized carbons (Fsp3) is 0.364. The van der Waals surface area contributed by atoms with Gasteiger partial charge in [0.15, 0.2) is 6.04 Å². The lowest BCUT2D eigenvalue weighted by Crippen LogP contribution is -2.56. The van der Waals surface area contributed by atoms with Gasteiger partial charge in [0.25, 0.3) is 11.8 Å². The van der Waals surface area contributed by atoms with Gasteiger partial charge in [0.05, 0.1) is 12.8 Å². The van der Waals surface area contributed by atoms with Crippen LogP contribution in [0.2, 0.25) is 0 Å². The number of nitrogens with one attached hydrogen (secondary N) is 3. The molecule has 0 aliphatic carbocycles. The largest absolute Gasteiger partial charge is 0.495 e. The average Bonchev–Trinajstić information content (AvgIpc) is 2.94. The van der Waals surface area contributed by atoms with Crippen molar-refractivity contribution in [1.82, 2.24) is 10.2 Å². The van der Waals surface area contributed by atoms with Gasteiger partial charge in [-0.2, -0.15) is 0 Å². The summed E-state index contributed by atoms with van der Waals surface area (Å²) in [5.41, 5.74) is 3.92. The molecule has 0 saturated heterocycles. The van der Waals surface area contributed by atoms with E-state index in [1.165, 1.54) is 7.11 Å². The average molecular weight is 559 g/mol. The van der Waals surface area contributed by atoms with E-state index in [1.54, 1.807) is 29.2 Å². The Morgan fingerprint density at radius 2 is 1.34 bits per heavy atom. The number of para-hydroxylation sites is 3. The first-order chi connectivity index (χ1) is 19.5. The molecule has 3 rings (SSSR count). The molecule has 41 heavy (non-hydrogen) atoms. The lowest BCUT2D eigenvalue weighted by atomic mass is 9.92. The molecule has 0 fully saturated rings. The normalized spacial score (nSPS) is 11.8. The molecule has 0 aliphatic rings. The minimum atomic E-state index is -1.49. The summed E-state index contributed by atoms with van der Waals surface area (Å²) >= 11 is 0. The summed E-state index contributed by atoms with van der Waals surface area (Å²) in [7, 11) is 1.50. The van der Waals surface area contributed by atoms with Crippen molar-refractivity contribution >= 4 is 29.2 Å². The molecule has 8 nitrogen and oxygen atoms in total. The number of hydrogen-bond acceptors (Lipinski definition) is 4. The summed E-state index contributed by atoms with van der Waals surface area (Å²) in [6.45, 7) is 12.3. The van der Waals surface area contributed by atoms with Crippen LogP contribution in [0.3, 0.4) is 0 Å². The van der Waals surface area contributed by atoms with Crippen molar-refractivity contribution in [3.05, 3.63) is 89.5 Å². The number of nitrogens with zero attached hydrogens (tertiary/aromatic N) is 1. The highest BCUT2D eigenvalue weighted by atomic mass is 16.5. The standard InChI is InChI=1S/C33H42N4O4/c1-21(2)25-16-13-17-26(22(3)4)29(25)35-31(38)30(36-33(40)34-27-18-11-12-19-28(27)41-7)32(39)37(23(5)6)20-24-14-9-8-10-15-24/h8-19,21-23,30H,20H2,1-7H3,(H,35,38)(H2,34,36,40). The lowest BCUT2D eigenvalue weighted by molar-refractivity contribution is -0.139. The van der Waals surface area contributed by atoms with Crippen LogP contribution in [-0.4, -0.2) is 41.9 Å². The van der Waals surface area contributed by atoms with Crippen LogP contribution in [0.5, 0.6) is 5.75 Å². The molecule has 3 N–H and O–H groups in total. The summed E-state index contributed by atoms with van der Waals surface area (Å²) in [4.78, 5) is 42.9. The molecule has 0 radical (unpaired) electrons. The smallest absolute Gasteiger partial charge is 0.320 e. The summed E-state index contributed by atoms with van der Waals surface area (Å²) in [6.07, 6.45) is 0. The molecule has 1 unspecified atom stereocenters. The van der Waals surface area contributed by atoms with E-state index in [1.807, 2.05) is 62.4 Å². The Kier molecular flexibility index (Phi) is 10.9. The Labute approximate surface area is 243 Å². The number of carbonyl (C=O) groups excluding carboxylic acids is 3. The summed E-state index contributed by atoms with van der Waals surface area (Å²) < 4.78 is 5.34. The second-order valence-corrected chi connectivity index (χ2v) is 10.9. The minimum absolute atomic E-state index is 0.130. The zero-order chi connectivity index (χ0) is 30.1. The van der Waals surface area contributed by atoms with E-state index in [0.717, 1.165) is 16.7 Å². The van der Waals surface area contributed by atoms with Gasteiger partial charge >= 0.3 is 6.03 Å². The first-order valence-electron chi connectivity index (χ1n) is 14.0. The van der Waals surface area contributed by atoms with E-state index < -0.39 is 23.9 Å². The van der Waals surface area contributed by atoms with Gasteiger partial charge in [-0.1, -0.05) is 88.4 Å². The number of hydrogen-bond donors (Lipinski definition) is 3. The molecule has 1 atom stereocenters. The van der Waals surface area contributed by atoms with Crippen LogP contribution >= 0.6 is 0 Å². The van der Waals surface area contributed by atoms with Gasteiger partial charge in [0, 0.05) is 18.3 Å². The second-order valence-electron chi connectivity index (χ2n) is 10.9. The third-order valence-corrected chi connectivity index (χ3v) is 6.86. The van der Waals surface area contributed by atoms with Crippen LogP contribution < -0.4 is 20.7 Å². The molecule has 8 heteroatoms. The van der Waals surface area contributed by atoms with Crippen LogP contribution in [0.15, 0.2) is 72.8 Å². The first kappa shape index (κ1) is 31.2. The van der Waals surface area contributed by atoms with Crippen molar-refractivity contribution < 1.29 is 19.1 Å². The molecule has 3 aromatic rings. The van der Waals surface area contributed by atoms with E-state index in [9.17, 15) is 14.4 Å². The third-order valence-electron chi connectivity index (χ3n) is 6.86. The first-order valence-corrected chi connectivity index (χ1v) is 14.0. The molecular formula is C33H42N4O4. The minimum Gasteiger partial charge on any atom is -0.495 e. The molecule has 0 aromatic heterocycles. The van der Waals surface area contributed by atoms with E-state index >= 15 is 0 Å². The zero-order valence-corrected chi connectivity index (χ0v) is 25.0. The molecule has 0 aliphatic heterocycles. The quantitative estimate of drug-likeness (QED) is 0.234. The Bertz CT molecular complexity index is 1310. The Morgan fingerprint density at radius 1 is 0.756 bits per heavy atom. The maximum atomic E-state index is 14.1. The number of amides is 4. The van der Waals surface area contributed by atoms with Crippen molar-refractivity contribution in [3.63, 3.8) is 0 Å². The van der Waals surface area contributed by atoms with Crippen LogP contribution in [0.25, 0.3) is 0 Å². The highest BCUT2D eigenvalue weighted by Gasteiger charge is 2.34. The molecule has 0 bridgehead atoms. The van der Waals surface area contributed by atoms with Gasteiger partial charge < -0.3 is 25.6 Å². The SMILES string of the molecule is COc1ccccc1NC(=O)NC(C(=O)Nc1c(C(C)C)cccc1C(C)C)C(=O)N(Cc1ccccc1)C(C)C. The topological polar surface area (TPSA) is 99.8 Å². The number of methoxy groups -OCH3 is 1. The van der Waals surface area contributed by atoms with Gasteiger partial charge in [-0.05, 0) is 54.5 Å². The van der Waals surface area contributed by atoms with Crippen LogP contribution in [0.1, 0.15) is 70.1 Å². The highest BCUT2D eigenvalue weighted by Crippen LogP contribution is 2.32.